The van der Waals surface area contributed by atoms with Crippen LogP contribution in [0.25, 0.3) is 5.57 Å². The number of benzene rings is 2. The average molecular weight is 345 g/mol. The molecule has 2 aromatic rings. The van der Waals surface area contributed by atoms with Crippen LogP contribution in [-0.2, 0) is 6.54 Å². The van der Waals surface area contributed by atoms with E-state index in [1.165, 1.54) is 61.0 Å². The molecule has 0 spiro atoms. The van der Waals surface area contributed by atoms with Crippen LogP contribution in [0.15, 0.2) is 59.7 Å². The van der Waals surface area contributed by atoms with Crippen molar-refractivity contribution in [3.05, 3.63) is 71.4 Å². The predicted octanol–water partition coefficient (Wildman–Crippen LogP) is 4.95. The number of hydrogen-bond donors (Lipinski definition) is 1. The Balaban J connectivity index is 1.45. The summed E-state index contributed by atoms with van der Waals surface area (Å²) in [6.07, 6.45) is 9.52. The smallest absolute Gasteiger partial charge is 0.0660 e. The number of anilines is 1. The molecule has 0 amide bonds. The fraction of sp³-hybridized carbons (Fsp3) is 0.348. The van der Waals surface area contributed by atoms with Gasteiger partial charge in [0.25, 0.3) is 0 Å². The van der Waals surface area contributed by atoms with Gasteiger partial charge in [-0.1, -0.05) is 49.2 Å². The van der Waals surface area contributed by atoms with E-state index in [2.05, 4.69) is 69.9 Å². The first kappa shape index (κ1) is 17.0. The molecule has 0 unspecified atom stereocenters. The maximum atomic E-state index is 4.48. The Bertz CT molecular complexity index is 799. The van der Waals surface area contributed by atoms with Crippen LogP contribution in [0.2, 0.25) is 0 Å². The third-order valence-corrected chi connectivity index (χ3v) is 5.24. The van der Waals surface area contributed by atoms with Crippen molar-refractivity contribution < 1.29 is 0 Å². The van der Waals surface area contributed by atoms with Crippen LogP contribution in [0.4, 0.5) is 5.69 Å². The van der Waals surface area contributed by atoms with Gasteiger partial charge in [0.2, 0.25) is 0 Å². The summed E-state index contributed by atoms with van der Waals surface area (Å²) in [7, 11) is 0. The Morgan fingerprint density at radius 3 is 2.69 bits per heavy atom. The van der Waals surface area contributed by atoms with E-state index in [0.717, 1.165) is 18.8 Å². The van der Waals surface area contributed by atoms with Crippen LogP contribution in [0, 0.1) is 0 Å². The molecule has 0 aliphatic carbocycles. The van der Waals surface area contributed by atoms with Gasteiger partial charge in [-0.2, -0.15) is 0 Å². The lowest BCUT2D eigenvalue weighted by molar-refractivity contribution is 0.277. The fourth-order valence-corrected chi connectivity index (χ4v) is 3.84. The first-order chi connectivity index (χ1) is 12.9. The molecule has 26 heavy (non-hydrogen) atoms. The van der Waals surface area contributed by atoms with Crippen LogP contribution >= 0.6 is 0 Å². The standard InChI is InChI=1S/C23H27N3/c1-2-6-13-26(12-5-1)18-19-8-7-10-22(14-19)25-17-21-16-24-15-20-9-3-4-11-23(20)21/h3-4,7-11,14-15,17,25H,1-2,5-6,12-13,16,18H2/b21-17+. The van der Waals surface area contributed by atoms with E-state index in [1.54, 1.807) is 0 Å². The summed E-state index contributed by atoms with van der Waals surface area (Å²) >= 11 is 0. The Morgan fingerprint density at radius 1 is 0.962 bits per heavy atom. The molecule has 0 saturated carbocycles. The van der Waals surface area contributed by atoms with Gasteiger partial charge in [0.15, 0.2) is 0 Å². The third-order valence-electron chi connectivity index (χ3n) is 5.24. The molecule has 2 aliphatic heterocycles. The fourth-order valence-electron chi connectivity index (χ4n) is 3.84. The zero-order valence-electron chi connectivity index (χ0n) is 15.3. The van der Waals surface area contributed by atoms with Crippen molar-refractivity contribution in [1.29, 1.82) is 0 Å². The number of hydrogen-bond acceptors (Lipinski definition) is 3. The number of rotatable bonds is 4. The monoisotopic (exact) mass is 345 g/mol. The van der Waals surface area contributed by atoms with E-state index in [1.807, 2.05) is 6.21 Å². The highest BCUT2D eigenvalue weighted by molar-refractivity contribution is 5.92. The first-order valence-corrected chi connectivity index (χ1v) is 9.74. The minimum atomic E-state index is 0.734. The van der Waals surface area contributed by atoms with Crippen molar-refractivity contribution in [1.82, 2.24) is 4.90 Å². The maximum Gasteiger partial charge on any atom is 0.0660 e. The molecule has 0 atom stereocenters. The number of nitrogens with one attached hydrogen (secondary N) is 1. The van der Waals surface area contributed by atoms with Gasteiger partial charge in [-0.25, -0.2) is 0 Å². The quantitative estimate of drug-likeness (QED) is 0.849. The van der Waals surface area contributed by atoms with Gasteiger partial charge in [0.1, 0.15) is 0 Å². The van der Waals surface area contributed by atoms with Gasteiger partial charge in [0, 0.05) is 24.6 Å². The summed E-state index contributed by atoms with van der Waals surface area (Å²) in [5, 5.41) is 3.49. The summed E-state index contributed by atoms with van der Waals surface area (Å²) in [6.45, 7) is 4.25. The Hall–Kier alpha value is -2.39. The van der Waals surface area contributed by atoms with Crippen molar-refractivity contribution in [2.24, 2.45) is 4.99 Å². The largest absolute Gasteiger partial charge is 0.361 e. The Morgan fingerprint density at radius 2 is 1.81 bits per heavy atom. The summed E-state index contributed by atoms with van der Waals surface area (Å²) < 4.78 is 0. The lowest BCUT2D eigenvalue weighted by Crippen LogP contribution is -2.23. The minimum absolute atomic E-state index is 0.734. The van der Waals surface area contributed by atoms with E-state index in [9.17, 15) is 0 Å². The summed E-state index contributed by atoms with van der Waals surface area (Å²) in [6, 6.07) is 17.3. The second kappa shape index (κ2) is 8.33. The van der Waals surface area contributed by atoms with Gasteiger partial charge in [-0.05, 0) is 60.3 Å². The molecule has 1 fully saturated rings. The molecule has 1 saturated heterocycles. The summed E-state index contributed by atoms with van der Waals surface area (Å²) in [5.74, 6) is 0. The highest BCUT2D eigenvalue weighted by Crippen LogP contribution is 2.23. The SMILES string of the molecule is C1=NC/C(=C\Nc2cccc(CN3CCCCCC3)c2)c2ccccc21. The van der Waals surface area contributed by atoms with Gasteiger partial charge in [-0.15, -0.1) is 0 Å². The van der Waals surface area contributed by atoms with Crippen LogP contribution < -0.4 is 5.32 Å². The molecule has 2 heterocycles. The van der Waals surface area contributed by atoms with Crippen molar-refractivity contribution >= 4 is 17.5 Å². The molecule has 134 valence electrons. The van der Waals surface area contributed by atoms with Crippen LogP contribution in [-0.4, -0.2) is 30.7 Å². The van der Waals surface area contributed by atoms with E-state index in [4.69, 9.17) is 0 Å². The zero-order valence-corrected chi connectivity index (χ0v) is 15.3. The van der Waals surface area contributed by atoms with Gasteiger partial charge in [-0.3, -0.25) is 9.89 Å². The maximum absolute atomic E-state index is 4.48. The lowest BCUT2D eigenvalue weighted by Gasteiger charge is -2.20. The Kier molecular flexibility index (Phi) is 5.46. The molecule has 0 aromatic heterocycles. The molecule has 3 nitrogen and oxygen atoms in total. The molecule has 2 aromatic carbocycles. The molecule has 3 heteroatoms. The van der Waals surface area contributed by atoms with E-state index >= 15 is 0 Å². The summed E-state index contributed by atoms with van der Waals surface area (Å²) in [4.78, 5) is 7.07. The molecule has 1 N–H and O–H groups in total. The average Bonchev–Trinajstić information content (AvgIpc) is 2.95. The van der Waals surface area contributed by atoms with Gasteiger partial charge in [0.05, 0.1) is 6.54 Å². The predicted molar refractivity (Wildman–Crippen MR) is 111 cm³/mol. The Labute approximate surface area is 156 Å². The van der Waals surface area contributed by atoms with Crippen molar-refractivity contribution in [3.63, 3.8) is 0 Å². The van der Waals surface area contributed by atoms with Crippen LogP contribution in [0.3, 0.4) is 0 Å². The summed E-state index contributed by atoms with van der Waals surface area (Å²) in [5.41, 5.74) is 6.24. The van der Waals surface area contributed by atoms with Gasteiger partial charge < -0.3 is 5.32 Å². The first-order valence-electron chi connectivity index (χ1n) is 9.74. The van der Waals surface area contributed by atoms with Crippen molar-refractivity contribution in [2.45, 2.75) is 32.2 Å². The lowest BCUT2D eigenvalue weighted by atomic mass is 9.99. The molecule has 4 rings (SSSR count). The topological polar surface area (TPSA) is 27.6 Å². The molecule has 0 bridgehead atoms. The van der Waals surface area contributed by atoms with Crippen molar-refractivity contribution in [3.8, 4) is 0 Å². The van der Waals surface area contributed by atoms with Crippen molar-refractivity contribution in [2.75, 3.05) is 25.0 Å². The molecular formula is C23H27N3. The second-order valence-corrected chi connectivity index (χ2v) is 7.26. The number of likely N-dealkylation sites (tertiary alicyclic amines) is 1. The number of fused-ring (bicyclic) bond motifs is 1. The minimum Gasteiger partial charge on any atom is -0.361 e. The molecule has 0 radical (unpaired) electrons. The zero-order chi connectivity index (χ0) is 17.6. The third kappa shape index (κ3) is 4.23. The van der Waals surface area contributed by atoms with Crippen LogP contribution in [0.5, 0.6) is 0 Å². The van der Waals surface area contributed by atoms with E-state index < -0.39 is 0 Å². The normalized spacial score (nSPS) is 19.2. The number of nitrogens with zero attached hydrogens (tertiary/aromatic N) is 2. The van der Waals surface area contributed by atoms with Gasteiger partial charge >= 0.3 is 0 Å². The highest BCUT2D eigenvalue weighted by atomic mass is 15.1. The number of aliphatic imine (C=N–C) groups is 1. The molecular weight excluding hydrogens is 318 g/mol. The van der Waals surface area contributed by atoms with Crippen LogP contribution in [0.1, 0.15) is 42.4 Å². The molecule has 2 aliphatic rings. The van der Waals surface area contributed by atoms with E-state index in [0.29, 0.717) is 0 Å². The van der Waals surface area contributed by atoms with E-state index in [-0.39, 0.29) is 0 Å². The highest BCUT2D eigenvalue weighted by Gasteiger charge is 2.11. The second-order valence-electron chi connectivity index (χ2n) is 7.26.